The van der Waals surface area contributed by atoms with Crippen LogP contribution in [0.5, 0.6) is 0 Å². The van der Waals surface area contributed by atoms with E-state index in [-0.39, 0.29) is 0 Å². The quantitative estimate of drug-likeness (QED) is 0.639. The molecule has 0 aromatic heterocycles. The Balaban J connectivity index is 2.35. The van der Waals surface area contributed by atoms with E-state index in [0.29, 0.717) is 0 Å². The SMILES string of the molecule is CCCNCC1CCC(CC)CC1CCC. The van der Waals surface area contributed by atoms with Crippen LogP contribution in [-0.4, -0.2) is 13.1 Å². The average molecular weight is 225 g/mol. The second-order valence-corrected chi connectivity index (χ2v) is 5.60. The van der Waals surface area contributed by atoms with Gasteiger partial charge in [0.1, 0.15) is 0 Å². The summed E-state index contributed by atoms with van der Waals surface area (Å²) < 4.78 is 0. The molecular formula is C15H31N. The lowest BCUT2D eigenvalue weighted by Crippen LogP contribution is -2.33. The van der Waals surface area contributed by atoms with Gasteiger partial charge in [-0.3, -0.25) is 0 Å². The van der Waals surface area contributed by atoms with Gasteiger partial charge >= 0.3 is 0 Å². The summed E-state index contributed by atoms with van der Waals surface area (Å²) >= 11 is 0. The zero-order valence-electron chi connectivity index (χ0n) is 11.6. The molecule has 1 rings (SSSR count). The standard InChI is InChI=1S/C15H31N/c1-4-7-14-11-13(6-3)8-9-15(14)12-16-10-5-2/h13-16H,4-12H2,1-3H3. The van der Waals surface area contributed by atoms with Crippen molar-refractivity contribution in [1.29, 1.82) is 0 Å². The van der Waals surface area contributed by atoms with Gasteiger partial charge in [-0.2, -0.15) is 0 Å². The van der Waals surface area contributed by atoms with Gasteiger partial charge in [-0.15, -0.1) is 0 Å². The normalized spacial score (nSPS) is 30.6. The molecule has 1 N–H and O–H groups in total. The highest BCUT2D eigenvalue weighted by Crippen LogP contribution is 2.37. The van der Waals surface area contributed by atoms with E-state index in [2.05, 4.69) is 26.1 Å². The molecule has 0 radical (unpaired) electrons. The van der Waals surface area contributed by atoms with E-state index in [9.17, 15) is 0 Å². The second-order valence-electron chi connectivity index (χ2n) is 5.60. The molecule has 0 bridgehead atoms. The summed E-state index contributed by atoms with van der Waals surface area (Å²) in [5.74, 6) is 3.00. The maximum atomic E-state index is 3.63. The highest BCUT2D eigenvalue weighted by Gasteiger charge is 2.28. The number of hydrogen-bond donors (Lipinski definition) is 1. The predicted octanol–water partition coefficient (Wildman–Crippen LogP) is 4.23. The van der Waals surface area contributed by atoms with Gasteiger partial charge in [-0.1, -0.05) is 46.5 Å². The lowest BCUT2D eigenvalue weighted by molar-refractivity contribution is 0.162. The summed E-state index contributed by atoms with van der Waals surface area (Å²) in [6.07, 6.45) is 9.94. The van der Waals surface area contributed by atoms with Crippen LogP contribution in [0.1, 0.15) is 65.7 Å². The average Bonchev–Trinajstić information content (AvgIpc) is 2.31. The molecule has 1 aliphatic rings. The van der Waals surface area contributed by atoms with Crippen molar-refractivity contribution in [2.75, 3.05) is 13.1 Å². The van der Waals surface area contributed by atoms with E-state index >= 15 is 0 Å². The van der Waals surface area contributed by atoms with Crippen LogP contribution >= 0.6 is 0 Å². The number of hydrogen-bond acceptors (Lipinski definition) is 1. The first-order chi connectivity index (χ1) is 7.81. The van der Waals surface area contributed by atoms with Gasteiger partial charge in [-0.25, -0.2) is 0 Å². The highest BCUT2D eigenvalue weighted by atomic mass is 14.9. The van der Waals surface area contributed by atoms with Crippen molar-refractivity contribution in [3.63, 3.8) is 0 Å². The Morgan fingerprint density at radius 1 is 1.00 bits per heavy atom. The summed E-state index contributed by atoms with van der Waals surface area (Å²) in [4.78, 5) is 0. The van der Waals surface area contributed by atoms with Crippen molar-refractivity contribution >= 4 is 0 Å². The van der Waals surface area contributed by atoms with Gasteiger partial charge in [0.15, 0.2) is 0 Å². The Kier molecular flexibility index (Phi) is 7.11. The first-order valence-electron chi connectivity index (χ1n) is 7.52. The minimum Gasteiger partial charge on any atom is -0.316 e. The van der Waals surface area contributed by atoms with E-state index in [1.807, 2.05) is 0 Å². The van der Waals surface area contributed by atoms with Crippen LogP contribution in [0.3, 0.4) is 0 Å². The lowest BCUT2D eigenvalue weighted by atomic mass is 9.71. The minimum absolute atomic E-state index is 0.967. The monoisotopic (exact) mass is 225 g/mol. The molecule has 1 nitrogen and oxygen atoms in total. The Morgan fingerprint density at radius 2 is 1.81 bits per heavy atom. The second kappa shape index (κ2) is 8.11. The molecule has 1 heteroatoms. The van der Waals surface area contributed by atoms with E-state index in [4.69, 9.17) is 0 Å². The molecule has 0 aliphatic heterocycles. The van der Waals surface area contributed by atoms with Gasteiger partial charge in [0.25, 0.3) is 0 Å². The summed E-state index contributed by atoms with van der Waals surface area (Å²) in [7, 11) is 0. The molecule has 0 heterocycles. The fraction of sp³-hybridized carbons (Fsp3) is 1.00. The van der Waals surface area contributed by atoms with Gasteiger partial charge < -0.3 is 5.32 Å². The third-order valence-corrected chi connectivity index (χ3v) is 4.32. The third-order valence-electron chi connectivity index (χ3n) is 4.32. The minimum atomic E-state index is 0.967. The van der Waals surface area contributed by atoms with Crippen molar-refractivity contribution in [1.82, 2.24) is 5.32 Å². The van der Waals surface area contributed by atoms with Crippen molar-refractivity contribution in [2.45, 2.75) is 65.7 Å². The zero-order valence-corrected chi connectivity index (χ0v) is 11.6. The fourth-order valence-corrected chi connectivity index (χ4v) is 3.25. The third kappa shape index (κ3) is 4.45. The van der Waals surface area contributed by atoms with Crippen molar-refractivity contribution in [2.24, 2.45) is 17.8 Å². The van der Waals surface area contributed by atoms with E-state index in [1.54, 1.807) is 0 Å². The van der Waals surface area contributed by atoms with Crippen molar-refractivity contribution in [3.05, 3.63) is 0 Å². The molecule has 96 valence electrons. The Morgan fingerprint density at radius 3 is 2.44 bits per heavy atom. The van der Waals surface area contributed by atoms with Gasteiger partial charge in [-0.05, 0) is 50.1 Å². The molecule has 3 unspecified atom stereocenters. The summed E-state index contributed by atoms with van der Waals surface area (Å²) in [5, 5.41) is 3.63. The Labute approximate surface area is 102 Å². The molecule has 0 amide bonds. The Hall–Kier alpha value is -0.0400. The maximum absolute atomic E-state index is 3.63. The molecular weight excluding hydrogens is 194 g/mol. The molecule has 3 atom stereocenters. The van der Waals surface area contributed by atoms with E-state index < -0.39 is 0 Å². The molecule has 0 saturated heterocycles. The number of nitrogens with one attached hydrogen (secondary N) is 1. The van der Waals surface area contributed by atoms with Crippen LogP contribution in [0.25, 0.3) is 0 Å². The van der Waals surface area contributed by atoms with Crippen LogP contribution in [0.4, 0.5) is 0 Å². The predicted molar refractivity (Wildman–Crippen MR) is 72.7 cm³/mol. The van der Waals surface area contributed by atoms with E-state index in [0.717, 1.165) is 17.8 Å². The first kappa shape index (κ1) is 14.0. The van der Waals surface area contributed by atoms with Crippen LogP contribution in [0, 0.1) is 17.8 Å². The van der Waals surface area contributed by atoms with Gasteiger partial charge in [0, 0.05) is 0 Å². The van der Waals surface area contributed by atoms with Crippen LogP contribution < -0.4 is 5.32 Å². The molecule has 1 aliphatic carbocycles. The molecule has 0 spiro atoms. The molecule has 1 fully saturated rings. The number of rotatable bonds is 7. The Bertz CT molecular complexity index is 165. The summed E-state index contributed by atoms with van der Waals surface area (Å²) in [6, 6.07) is 0. The van der Waals surface area contributed by atoms with Gasteiger partial charge in [0.05, 0.1) is 0 Å². The highest BCUT2D eigenvalue weighted by molar-refractivity contribution is 4.80. The van der Waals surface area contributed by atoms with E-state index in [1.165, 1.54) is 58.0 Å². The first-order valence-corrected chi connectivity index (χ1v) is 7.52. The van der Waals surface area contributed by atoms with Crippen LogP contribution in [-0.2, 0) is 0 Å². The largest absolute Gasteiger partial charge is 0.316 e. The molecule has 0 aromatic carbocycles. The summed E-state index contributed by atoms with van der Waals surface area (Å²) in [6.45, 7) is 9.43. The topological polar surface area (TPSA) is 12.0 Å². The smallest absolute Gasteiger partial charge is 0.00179 e. The zero-order chi connectivity index (χ0) is 11.8. The van der Waals surface area contributed by atoms with Crippen LogP contribution in [0.15, 0.2) is 0 Å². The van der Waals surface area contributed by atoms with Crippen LogP contribution in [0.2, 0.25) is 0 Å². The molecule has 0 aromatic rings. The van der Waals surface area contributed by atoms with Gasteiger partial charge in [0.2, 0.25) is 0 Å². The molecule has 1 saturated carbocycles. The summed E-state index contributed by atoms with van der Waals surface area (Å²) in [5.41, 5.74) is 0. The molecule has 16 heavy (non-hydrogen) atoms. The van der Waals surface area contributed by atoms with Crippen molar-refractivity contribution in [3.8, 4) is 0 Å². The lowest BCUT2D eigenvalue weighted by Gasteiger charge is -2.36. The van der Waals surface area contributed by atoms with Crippen molar-refractivity contribution < 1.29 is 0 Å². The fourth-order valence-electron chi connectivity index (χ4n) is 3.25. The maximum Gasteiger partial charge on any atom is -0.00179 e.